The Balaban J connectivity index is 1.20. The zero-order valence-electron chi connectivity index (χ0n) is 17.5. The summed E-state index contributed by atoms with van der Waals surface area (Å²) in [6.07, 6.45) is 2.41. The van der Waals surface area contributed by atoms with Crippen LogP contribution in [0.4, 0.5) is 4.79 Å². The summed E-state index contributed by atoms with van der Waals surface area (Å²) in [6, 6.07) is 12.8. The Kier molecular flexibility index (Phi) is 5.13. The molecule has 5 rings (SSSR count). The van der Waals surface area contributed by atoms with Gasteiger partial charge < -0.3 is 15.5 Å². The molecule has 1 fully saturated rings. The molecule has 32 heavy (non-hydrogen) atoms. The Morgan fingerprint density at radius 1 is 1.03 bits per heavy atom. The molecule has 2 heterocycles. The van der Waals surface area contributed by atoms with Crippen molar-refractivity contribution < 1.29 is 19.2 Å². The van der Waals surface area contributed by atoms with Gasteiger partial charge in [0.1, 0.15) is 6.04 Å². The van der Waals surface area contributed by atoms with Crippen LogP contribution in [0, 0.1) is 0 Å². The highest BCUT2D eigenvalue weighted by atomic mass is 16.2. The highest BCUT2D eigenvalue weighted by Crippen LogP contribution is 2.31. The first kappa shape index (κ1) is 20.2. The molecule has 0 bridgehead atoms. The van der Waals surface area contributed by atoms with E-state index >= 15 is 0 Å². The summed E-state index contributed by atoms with van der Waals surface area (Å²) < 4.78 is 0. The second-order valence-electron chi connectivity index (χ2n) is 8.51. The van der Waals surface area contributed by atoms with Gasteiger partial charge in [-0.3, -0.25) is 19.7 Å². The van der Waals surface area contributed by atoms with Gasteiger partial charge in [0.05, 0.1) is 6.04 Å². The Labute approximate surface area is 185 Å². The fourth-order valence-electron chi connectivity index (χ4n) is 4.81. The number of aryl methyl sites for hydroxylation is 1. The highest BCUT2D eigenvalue weighted by molar-refractivity contribution is 6.05. The molecule has 0 radical (unpaired) electrons. The van der Waals surface area contributed by atoms with Crippen molar-refractivity contribution in [3.8, 4) is 0 Å². The Morgan fingerprint density at radius 3 is 2.72 bits per heavy atom. The number of carbonyl (C=O) groups is 4. The monoisotopic (exact) mass is 432 g/mol. The number of benzene rings is 2. The van der Waals surface area contributed by atoms with E-state index in [-0.39, 0.29) is 30.3 Å². The van der Waals surface area contributed by atoms with E-state index in [0.717, 1.165) is 24.0 Å². The molecule has 0 aromatic heterocycles. The molecule has 1 saturated heterocycles. The van der Waals surface area contributed by atoms with E-state index < -0.39 is 11.9 Å². The summed E-state index contributed by atoms with van der Waals surface area (Å²) in [6.45, 7) is 0.634. The van der Waals surface area contributed by atoms with Crippen LogP contribution in [0.25, 0.3) is 0 Å². The minimum Gasteiger partial charge on any atom is -0.334 e. The largest absolute Gasteiger partial charge is 0.334 e. The van der Waals surface area contributed by atoms with Crippen molar-refractivity contribution in [2.45, 2.75) is 50.9 Å². The van der Waals surface area contributed by atoms with Gasteiger partial charge in [-0.1, -0.05) is 36.4 Å². The normalized spacial score (nSPS) is 21.8. The van der Waals surface area contributed by atoms with Gasteiger partial charge in [0.15, 0.2) is 0 Å². The van der Waals surface area contributed by atoms with Crippen LogP contribution in [-0.4, -0.2) is 34.7 Å². The van der Waals surface area contributed by atoms with E-state index in [0.29, 0.717) is 25.1 Å². The fraction of sp³-hybridized carbons (Fsp3) is 0.333. The third-order valence-electron chi connectivity index (χ3n) is 6.48. The third kappa shape index (κ3) is 3.72. The summed E-state index contributed by atoms with van der Waals surface area (Å²) in [5.74, 6) is -0.944. The number of fused-ring (bicyclic) bond motifs is 2. The van der Waals surface area contributed by atoms with Gasteiger partial charge in [0.25, 0.3) is 5.91 Å². The van der Waals surface area contributed by atoms with E-state index in [1.807, 2.05) is 30.3 Å². The Hall–Kier alpha value is -3.68. The Morgan fingerprint density at radius 2 is 1.88 bits per heavy atom. The topological polar surface area (TPSA) is 108 Å². The standard InChI is InChI=1S/C24H24N4O4/c29-21-10-9-20(22(30)27-21)28-13-16-6-5-14(11-18(16)23(28)31)12-25-24(32)26-19-8-7-15-3-1-2-4-17(15)19/h1-6,11,19-20H,7-10,12-13H2,(H2,25,26,32)(H,27,29,30). The smallest absolute Gasteiger partial charge is 0.315 e. The number of imide groups is 1. The van der Waals surface area contributed by atoms with Gasteiger partial charge in [-0.05, 0) is 47.6 Å². The van der Waals surface area contributed by atoms with Crippen molar-refractivity contribution in [1.82, 2.24) is 20.9 Å². The SMILES string of the molecule is O=C1CCC(N2Cc3ccc(CNC(=O)NC4CCc5ccccc54)cc3C2=O)C(=O)N1. The minimum atomic E-state index is -0.630. The van der Waals surface area contributed by atoms with E-state index in [9.17, 15) is 19.2 Å². The number of hydrogen-bond acceptors (Lipinski definition) is 4. The van der Waals surface area contributed by atoms with Crippen molar-refractivity contribution in [3.63, 3.8) is 0 Å². The summed E-state index contributed by atoms with van der Waals surface area (Å²) >= 11 is 0. The molecule has 3 aliphatic rings. The van der Waals surface area contributed by atoms with E-state index in [1.54, 1.807) is 6.07 Å². The lowest BCUT2D eigenvalue weighted by atomic mass is 10.0. The molecule has 0 spiro atoms. The second kappa shape index (κ2) is 8.11. The number of hydrogen-bond donors (Lipinski definition) is 3. The molecule has 5 amide bonds. The number of amides is 5. The minimum absolute atomic E-state index is 0.00915. The number of carbonyl (C=O) groups excluding carboxylic acids is 4. The first-order valence-corrected chi connectivity index (χ1v) is 10.9. The summed E-state index contributed by atoms with van der Waals surface area (Å²) in [5, 5.41) is 8.21. The second-order valence-corrected chi connectivity index (χ2v) is 8.51. The zero-order valence-corrected chi connectivity index (χ0v) is 17.5. The average Bonchev–Trinajstić information content (AvgIpc) is 3.33. The summed E-state index contributed by atoms with van der Waals surface area (Å²) in [5.41, 5.74) is 4.63. The maximum atomic E-state index is 12.9. The summed E-state index contributed by atoms with van der Waals surface area (Å²) in [4.78, 5) is 50.4. The molecule has 2 atom stereocenters. The van der Waals surface area contributed by atoms with Gasteiger partial charge in [-0.15, -0.1) is 0 Å². The van der Waals surface area contributed by atoms with Crippen LogP contribution in [0.5, 0.6) is 0 Å². The van der Waals surface area contributed by atoms with Crippen LogP contribution in [0.15, 0.2) is 42.5 Å². The lowest BCUT2D eigenvalue weighted by Crippen LogP contribution is -2.52. The predicted octanol–water partition coefficient (Wildman–Crippen LogP) is 1.93. The lowest BCUT2D eigenvalue weighted by Gasteiger charge is -2.29. The maximum Gasteiger partial charge on any atom is 0.315 e. The van der Waals surface area contributed by atoms with Crippen LogP contribution >= 0.6 is 0 Å². The maximum absolute atomic E-state index is 12.9. The van der Waals surface area contributed by atoms with Crippen molar-refractivity contribution in [1.29, 1.82) is 0 Å². The Bertz CT molecular complexity index is 1130. The number of urea groups is 1. The molecule has 3 N–H and O–H groups in total. The van der Waals surface area contributed by atoms with Crippen LogP contribution in [-0.2, 0) is 29.1 Å². The molecule has 164 valence electrons. The predicted molar refractivity (Wildman–Crippen MR) is 115 cm³/mol. The summed E-state index contributed by atoms with van der Waals surface area (Å²) in [7, 11) is 0. The molecule has 2 aliphatic heterocycles. The number of piperidine rings is 1. The van der Waals surface area contributed by atoms with Crippen LogP contribution in [0.3, 0.4) is 0 Å². The molecule has 8 heteroatoms. The first-order valence-electron chi connectivity index (χ1n) is 10.9. The van der Waals surface area contributed by atoms with Crippen molar-refractivity contribution in [2.75, 3.05) is 0 Å². The number of rotatable bonds is 4. The molecular weight excluding hydrogens is 408 g/mol. The van der Waals surface area contributed by atoms with Crippen LogP contribution < -0.4 is 16.0 Å². The van der Waals surface area contributed by atoms with E-state index in [4.69, 9.17) is 0 Å². The van der Waals surface area contributed by atoms with E-state index in [1.165, 1.54) is 16.0 Å². The van der Waals surface area contributed by atoms with Crippen LogP contribution in [0.2, 0.25) is 0 Å². The first-order chi connectivity index (χ1) is 15.5. The van der Waals surface area contributed by atoms with Gasteiger partial charge in [0.2, 0.25) is 11.8 Å². The zero-order chi connectivity index (χ0) is 22.2. The average molecular weight is 432 g/mol. The quantitative estimate of drug-likeness (QED) is 0.642. The fourth-order valence-corrected chi connectivity index (χ4v) is 4.81. The third-order valence-corrected chi connectivity index (χ3v) is 6.48. The van der Waals surface area contributed by atoms with Gasteiger partial charge in [0, 0.05) is 25.1 Å². The van der Waals surface area contributed by atoms with Crippen molar-refractivity contribution >= 4 is 23.8 Å². The van der Waals surface area contributed by atoms with Gasteiger partial charge in [-0.2, -0.15) is 0 Å². The number of nitrogens with one attached hydrogen (secondary N) is 3. The molecule has 2 unspecified atom stereocenters. The van der Waals surface area contributed by atoms with Gasteiger partial charge >= 0.3 is 6.03 Å². The highest BCUT2D eigenvalue weighted by Gasteiger charge is 2.39. The number of nitrogens with zero attached hydrogens (tertiary/aromatic N) is 1. The van der Waals surface area contributed by atoms with Crippen LogP contribution in [0.1, 0.15) is 57.9 Å². The van der Waals surface area contributed by atoms with Crippen molar-refractivity contribution in [3.05, 3.63) is 70.3 Å². The lowest BCUT2D eigenvalue weighted by molar-refractivity contribution is -0.136. The molecule has 8 nitrogen and oxygen atoms in total. The molecule has 1 aliphatic carbocycles. The van der Waals surface area contributed by atoms with E-state index in [2.05, 4.69) is 22.0 Å². The molecule has 2 aromatic rings. The van der Waals surface area contributed by atoms with Gasteiger partial charge in [-0.25, -0.2) is 4.79 Å². The molecular formula is C24H24N4O4. The molecule has 0 saturated carbocycles. The molecule has 2 aromatic carbocycles. The van der Waals surface area contributed by atoms with Crippen molar-refractivity contribution in [2.24, 2.45) is 0 Å².